The Balaban J connectivity index is 1.78. The van der Waals surface area contributed by atoms with Gasteiger partial charge in [0, 0.05) is 19.8 Å². The molecule has 0 saturated carbocycles. The molecule has 0 fully saturated rings. The van der Waals surface area contributed by atoms with E-state index in [9.17, 15) is 14.3 Å². The normalized spacial score (nSPS) is 10.3. The molecule has 0 saturated heterocycles. The van der Waals surface area contributed by atoms with Gasteiger partial charge in [0.25, 0.3) is 5.91 Å². The van der Waals surface area contributed by atoms with E-state index in [0.29, 0.717) is 25.3 Å². The molecular weight excluding hydrogens is 287 g/mol. The van der Waals surface area contributed by atoms with Crippen LogP contribution in [0.3, 0.4) is 0 Å². The van der Waals surface area contributed by atoms with Crippen molar-refractivity contribution < 1.29 is 19.0 Å². The molecule has 0 unspecified atom stereocenters. The molecule has 0 aliphatic heterocycles. The lowest BCUT2D eigenvalue weighted by molar-refractivity contribution is 0.0778. The van der Waals surface area contributed by atoms with Crippen LogP contribution in [0.2, 0.25) is 0 Å². The molecule has 0 aliphatic carbocycles. The molecule has 2 rings (SSSR count). The Hall–Kier alpha value is -2.63. The lowest BCUT2D eigenvalue weighted by Gasteiger charge is -2.17. The highest BCUT2D eigenvalue weighted by atomic mass is 19.1. The van der Waals surface area contributed by atoms with Crippen molar-refractivity contribution in [3.05, 3.63) is 54.1 Å². The fourth-order valence-electron chi connectivity index (χ4n) is 1.87. The second kappa shape index (κ2) is 7.40. The summed E-state index contributed by atoms with van der Waals surface area (Å²) in [5.41, 5.74) is 0.0319. The first-order valence-corrected chi connectivity index (χ1v) is 6.86. The number of pyridine rings is 1. The Morgan fingerprint density at radius 3 is 2.73 bits per heavy atom. The number of rotatable bonds is 6. The van der Waals surface area contributed by atoms with Gasteiger partial charge in [-0.15, -0.1) is 0 Å². The van der Waals surface area contributed by atoms with Gasteiger partial charge in [0.05, 0.1) is 6.61 Å². The number of amides is 1. The Morgan fingerprint density at radius 1 is 1.32 bits per heavy atom. The minimum atomic E-state index is -0.347. The Labute approximate surface area is 128 Å². The molecule has 1 N–H and O–H groups in total. The smallest absolute Gasteiger partial charge is 0.276 e. The average Bonchev–Trinajstić information content (AvgIpc) is 2.53. The van der Waals surface area contributed by atoms with Crippen LogP contribution in [-0.2, 0) is 0 Å². The molecule has 5 nitrogen and oxygen atoms in total. The van der Waals surface area contributed by atoms with Gasteiger partial charge in [0.2, 0.25) is 0 Å². The first-order valence-electron chi connectivity index (χ1n) is 6.86. The van der Waals surface area contributed by atoms with Gasteiger partial charge >= 0.3 is 0 Å². The standard InChI is InChI=1S/C16H17FN2O3/c1-19(16(21)15-14(20)4-2-9-18-15)10-3-11-22-13-7-5-12(17)6-8-13/h2,4-9,20H,3,10-11H2,1H3. The zero-order valence-corrected chi connectivity index (χ0v) is 12.2. The van der Waals surface area contributed by atoms with Gasteiger partial charge in [-0.2, -0.15) is 0 Å². The minimum Gasteiger partial charge on any atom is -0.505 e. The minimum absolute atomic E-state index is 0.0319. The third kappa shape index (κ3) is 4.18. The highest BCUT2D eigenvalue weighted by Gasteiger charge is 2.16. The third-order valence-electron chi connectivity index (χ3n) is 3.06. The Morgan fingerprint density at radius 2 is 2.05 bits per heavy atom. The molecule has 22 heavy (non-hydrogen) atoms. The summed E-state index contributed by atoms with van der Waals surface area (Å²) in [5, 5.41) is 9.61. The fourth-order valence-corrected chi connectivity index (χ4v) is 1.87. The van der Waals surface area contributed by atoms with Crippen molar-refractivity contribution in [1.29, 1.82) is 0 Å². The van der Waals surface area contributed by atoms with E-state index in [4.69, 9.17) is 4.74 Å². The molecular formula is C16H17FN2O3. The quantitative estimate of drug-likeness (QED) is 0.833. The molecule has 0 bridgehead atoms. The summed E-state index contributed by atoms with van der Waals surface area (Å²) in [6.45, 7) is 0.855. The van der Waals surface area contributed by atoms with Gasteiger partial charge in [-0.1, -0.05) is 0 Å². The fraction of sp³-hybridized carbons (Fsp3) is 0.250. The highest BCUT2D eigenvalue weighted by molar-refractivity contribution is 5.94. The van der Waals surface area contributed by atoms with E-state index in [1.165, 1.54) is 29.3 Å². The number of nitrogens with zero attached hydrogens (tertiary/aromatic N) is 2. The van der Waals surface area contributed by atoms with Crippen LogP contribution in [0.15, 0.2) is 42.6 Å². The van der Waals surface area contributed by atoms with Crippen LogP contribution >= 0.6 is 0 Å². The van der Waals surface area contributed by atoms with Crippen molar-refractivity contribution in [3.63, 3.8) is 0 Å². The van der Waals surface area contributed by atoms with Gasteiger partial charge in [0.15, 0.2) is 5.69 Å². The largest absolute Gasteiger partial charge is 0.505 e. The third-order valence-corrected chi connectivity index (χ3v) is 3.06. The number of ether oxygens (including phenoxy) is 1. The SMILES string of the molecule is CN(CCCOc1ccc(F)cc1)C(=O)c1ncccc1O. The number of carbonyl (C=O) groups excluding carboxylic acids is 1. The van der Waals surface area contributed by atoms with Crippen LogP contribution in [0.5, 0.6) is 11.5 Å². The summed E-state index contributed by atoms with van der Waals surface area (Å²) in [7, 11) is 1.63. The van der Waals surface area contributed by atoms with Crippen LogP contribution in [0.25, 0.3) is 0 Å². The number of carbonyl (C=O) groups is 1. The molecule has 1 heterocycles. The van der Waals surface area contributed by atoms with Crippen LogP contribution in [0, 0.1) is 5.82 Å². The predicted octanol–water partition coefficient (Wildman–Crippen LogP) is 2.47. The van der Waals surface area contributed by atoms with Crippen LogP contribution in [-0.4, -0.2) is 41.1 Å². The van der Waals surface area contributed by atoms with Crippen LogP contribution in [0.4, 0.5) is 4.39 Å². The number of benzene rings is 1. The number of aromatic hydroxyl groups is 1. The van der Waals surface area contributed by atoms with E-state index in [2.05, 4.69) is 4.98 Å². The van der Waals surface area contributed by atoms with Crippen LogP contribution < -0.4 is 4.74 Å². The summed E-state index contributed by atoms with van der Waals surface area (Å²) in [5.74, 6) is -0.215. The highest BCUT2D eigenvalue weighted by Crippen LogP contribution is 2.15. The summed E-state index contributed by atoms with van der Waals surface area (Å²) >= 11 is 0. The van der Waals surface area contributed by atoms with Gasteiger partial charge < -0.3 is 14.7 Å². The summed E-state index contributed by atoms with van der Waals surface area (Å²) in [4.78, 5) is 17.4. The molecule has 1 aromatic heterocycles. The lowest BCUT2D eigenvalue weighted by atomic mass is 10.3. The van der Waals surface area contributed by atoms with Crippen molar-refractivity contribution in [2.75, 3.05) is 20.2 Å². The molecule has 0 spiro atoms. The molecule has 1 amide bonds. The predicted molar refractivity (Wildman–Crippen MR) is 79.4 cm³/mol. The van der Waals surface area contributed by atoms with E-state index < -0.39 is 0 Å². The second-order valence-corrected chi connectivity index (χ2v) is 4.75. The average molecular weight is 304 g/mol. The van der Waals surface area contributed by atoms with E-state index in [1.54, 1.807) is 25.2 Å². The van der Waals surface area contributed by atoms with Crippen molar-refractivity contribution in [1.82, 2.24) is 9.88 Å². The van der Waals surface area contributed by atoms with Gasteiger partial charge in [-0.3, -0.25) is 4.79 Å². The van der Waals surface area contributed by atoms with Crippen LogP contribution in [0.1, 0.15) is 16.9 Å². The zero-order valence-electron chi connectivity index (χ0n) is 12.2. The van der Waals surface area contributed by atoms with Crippen molar-refractivity contribution in [2.45, 2.75) is 6.42 Å². The summed E-state index contributed by atoms with van der Waals surface area (Å²) in [6.07, 6.45) is 2.06. The van der Waals surface area contributed by atoms with E-state index in [0.717, 1.165) is 0 Å². The Bertz CT molecular complexity index is 632. The molecule has 0 atom stereocenters. The zero-order chi connectivity index (χ0) is 15.9. The first-order chi connectivity index (χ1) is 10.6. The van der Waals surface area contributed by atoms with E-state index in [1.807, 2.05) is 0 Å². The van der Waals surface area contributed by atoms with Crippen molar-refractivity contribution >= 4 is 5.91 Å². The molecule has 0 radical (unpaired) electrons. The number of hydrogen-bond acceptors (Lipinski definition) is 4. The number of aromatic nitrogens is 1. The monoisotopic (exact) mass is 304 g/mol. The van der Waals surface area contributed by atoms with Crippen molar-refractivity contribution in [3.8, 4) is 11.5 Å². The van der Waals surface area contributed by atoms with Gasteiger partial charge in [0.1, 0.15) is 17.3 Å². The maximum absolute atomic E-state index is 12.7. The lowest BCUT2D eigenvalue weighted by Crippen LogP contribution is -2.29. The summed E-state index contributed by atoms with van der Waals surface area (Å²) in [6, 6.07) is 8.74. The topological polar surface area (TPSA) is 62.7 Å². The number of hydrogen-bond donors (Lipinski definition) is 1. The Kier molecular flexibility index (Phi) is 5.30. The first kappa shape index (κ1) is 15.8. The molecule has 116 valence electrons. The maximum atomic E-state index is 12.7. The second-order valence-electron chi connectivity index (χ2n) is 4.75. The maximum Gasteiger partial charge on any atom is 0.276 e. The number of halogens is 1. The molecule has 1 aromatic carbocycles. The molecule has 2 aromatic rings. The van der Waals surface area contributed by atoms with E-state index >= 15 is 0 Å². The van der Waals surface area contributed by atoms with Gasteiger partial charge in [-0.05, 0) is 42.8 Å². The molecule has 0 aliphatic rings. The summed E-state index contributed by atoms with van der Waals surface area (Å²) < 4.78 is 18.2. The van der Waals surface area contributed by atoms with Gasteiger partial charge in [-0.25, -0.2) is 9.37 Å². The molecule has 6 heteroatoms. The van der Waals surface area contributed by atoms with Crippen molar-refractivity contribution in [2.24, 2.45) is 0 Å². The van der Waals surface area contributed by atoms with E-state index in [-0.39, 0.29) is 23.2 Å².